The van der Waals surface area contributed by atoms with E-state index >= 15 is 0 Å². The van der Waals surface area contributed by atoms with Crippen LogP contribution in [0.2, 0.25) is 0 Å². The summed E-state index contributed by atoms with van der Waals surface area (Å²) in [5.41, 5.74) is -2.93. The van der Waals surface area contributed by atoms with Crippen LogP contribution in [0.5, 0.6) is 23.0 Å². The van der Waals surface area contributed by atoms with Crippen LogP contribution in [0.3, 0.4) is 0 Å². The number of ketones is 1. The van der Waals surface area contributed by atoms with Crippen molar-refractivity contribution in [3.05, 3.63) is 86.0 Å². The minimum absolute atomic E-state index is 0.0146. The molecular weight excluding hydrogens is 460 g/mol. The number of fused-ring (bicyclic) bond motifs is 5. The van der Waals surface area contributed by atoms with Gasteiger partial charge in [-0.25, -0.2) is 9.59 Å². The Labute approximate surface area is 193 Å². The zero-order valence-corrected chi connectivity index (χ0v) is 17.8. The maximum absolute atomic E-state index is 13.0. The van der Waals surface area contributed by atoms with Crippen molar-refractivity contribution < 1.29 is 38.8 Å². The van der Waals surface area contributed by atoms with Crippen molar-refractivity contribution in [2.75, 3.05) is 0 Å². The van der Waals surface area contributed by atoms with Crippen molar-refractivity contribution >= 4 is 33.1 Å². The van der Waals surface area contributed by atoms with Gasteiger partial charge < -0.3 is 34.0 Å². The van der Waals surface area contributed by atoms with E-state index in [-0.39, 0.29) is 44.2 Å². The van der Waals surface area contributed by atoms with E-state index < -0.39 is 45.6 Å². The Hall–Kier alpha value is -4.99. The summed E-state index contributed by atoms with van der Waals surface area (Å²) in [5.74, 6) is -2.26. The zero-order valence-electron chi connectivity index (χ0n) is 17.8. The smallest absolute Gasteiger partial charge is 0.348 e. The van der Waals surface area contributed by atoms with Gasteiger partial charge in [0.2, 0.25) is 11.4 Å². The topological polar surface area (TPSA) is 168 Å². The van der Waals surface area contributed by atoms with Crippen molar-refractivity contribution in [3.63, 3.8) is 0 Å². The molecule has 4 N–H and O–H groups in total. The first kappa shape index (κ1) is 20.6. The minimum Gasteiger partial charge on any atom is -0.504 e. The lowest BCUT2D eigenvalue weighted by Gasteiger charge is -2.22. The van der Waals surface area contributed by atoms with Gasteiger partial charge in [-0.1, -0.05) is 0 Å². The lowest BCUT2D eigenvalue weighted by molar-refractivity contribution is -0.126. The van der Waals surface area contributed by atoms with Crippen LogP contribution in [0.25, 0.3) is 27.3 Å². The second-order valence-electron chi connectivity index (χ2n) is 8.31. The van der Waals surface area contributed by atoms with Crippen LogP contribution < -0.4 is 11.3 Å². The Morgan fingerprint density at radius 2 is 1.43 bits per heavy atom. The Kier molecular flexibility index (Phi) is 3.85. The molecule has 1 spiro atoms. The average Bonchev–Trinajstić information content (AvgIpc) is 3.25. The number of hydrogen-bond acceptors (Lipinski definition) is 10. The highest BCUT2D eigenvalue weighted by Crippen LogP contribution is 2.51. The van der Waals surface area contributed by atoms with E-state index in [0.29, 0.717) is 5.76 Å². The average molecular weight is 474 g/mol. The molecule has 2 aromatic heterocycles. The number of ether oxygens (including phenoxy) is 1. The molecule has 0 saturated heterocycles. The number of carbonyl (C=O) groups excluding carboxylic acids is 1. The van der Waals surface area contributed by atoms with Crippen molar-refractivity contribution in [1.29, 1.82) is 0 Å². The summed E-state index contributed by atoms with van der Waals surface area (Å²) in [6.45, 7) is 1.58. The molecule has 1 atom stereocenters. The molecule has 1 unspecified atom stereocenters. The van der Waals surface area contributed by atoms with Gasteiger partial charge >= 0.3 is 11.3 Å². The monoisotopic (exact) mass is 474 g/mol. The van der Waals surface area contributed by atoms with Crippen LogP contribution >= 0.6 is 0 Å². The number of aromatic hydroxyl groups is 4. The normalized spacial score (nSPS) is 18.7. The molecule has 2 aliphatic rings. The van der Waals surface area contributed by atoms with Crippen LogP contribution in [0.1, 0.15) is 23.8 Å². The zero-order chi connectivity index (χ0) is 24.8. The fraction of sp³-hybridized carbons (Fsp3) is 0.0800. The largest absolute Gasteiger partial charge is 0.504 e. The maximum atomic E-state index is 13.0. The predicted molar refractivity (Wildman–Crippen MR) is 120 cm³/mol. The van der Waals surface area contributed by atoms with E-state index in [0.717, 1.165) is 12.1 Å². The molecule has 2 aromatic carbocycles. The molecule has 6 rings (SSSR count). The van der Waals surface area contributed by atoms with E-state index in [4.69, 9.17) is 13.6 Å². The van der Waals surface area contributed by atoms with E-state index in [1.807, 2.05) is 0 Å². The number of carbonyl (C=O) groups is 1. The molecule has 10 heteroatoms. The molecule has 0 saturated carbocycles. The van der Waals surface area contributed by atoms with Crippen molar-refractivity contribution in [2.24, 2.45) is 0 Å². The molecule has 0 fully saturated rings. The minimum atomic E-state index is -1.64. The fourth-order valence-corrected chi connectivity index (χ4v) is 4.62. The number of allylic oxidation sites excluding steroid dienone is 1. The summed E-state index contributed by atoms with van der Waals surface area (Å²) >= 11 is 0. The first-order valence-electron chi connectivity index (χ1n) is 10.3. The molecular formula is C25H14O10. The lowest BCUT2D eigenvalue weighted by atomic mass is 9.91. The summed E-state index contributed by atoms with van der Waals surface area (Å²) in [4.78, 5) is 38.5. The van der Waals surface area contributed by atoms with Gasteiger partial charge in [0, 0.05) is 28.7 Å². The highest BCUT2D eigenvalue weighted by molar-refractivity contribution is 6.08. The highest BCUT2D eigenvalue weighted by Gasteiger charge is 2.50. The number of benzene rings is 2. The standard InChI is InChI=1S/C25H14O10/c1-9-2-21(30)25(35-9)8-13(10-3-15(26)18(29)6-14(10)25)19-7-20-22(24(32)33-19)11-4-16(27)17(28)5-12(11)23(31)34-20/h2-8,26-29H,1H3. The molecule has 35 heavy (non-hydrogen) atoms. The van der Waals surface area contributed by atoms with Crippen LogP contribution in [-0.4, -0.2) is 26.2 Å². The SMILES string of the molecule is CC1=CC(=O)C2(C=C(c3cc4oc(=O)c5cc(O)c(O)cc5c4c(=O)o3)c3cc(O)c(O)cc32)O1. The number of hydrogen-bond donors (Lipinski definition) is 4. The van der Waals surface area contributed by atoms with Crippen LogP contribution in [0.15, 0.2) is 66.7 Å². The summed E-state index contributed by atoms with van der Waals surface area (Å²) in [6.07, 6.45) is 2.69. The maximum Gasteiger partial charge on any atom is 0.348 e. The van der Waals surface area contributed by atoms with Crippen LogP contribution in [0.4, 0.5) is 0 Å². The van der Waals surface area contributed by atoms with Gasteiger partial charge in [0.15, 0.2) is 23.0 Å². The van der Waals surface area contributed by atoms with Crippen molar-refractivity contribution in [2.45, 2.75) is 12.5 Å². The van der Waals surface area contributed by atoms with Gasteiger partial charge in [-0.05, 0) is 42.8 Å². The molecule has 0 bridgehead atoms. The third kappa shape index (κ3) is 2.67. The molecule has 0 amide bonds. The van der Waals surface area contributed by atoms with Gasteiger partial charge in [0.1, 0.15) is 16.7 Å². The quantitative estimate of drug-likeness (QED) is 0.238. The number of phenols is 4. The number of rotatable bonds is 1. The number of phenolic OH excluding ortho intramolecular Hbond substituents is 4. The predicted octanol–water partition coefficient (Wildman–Crippen LogP) is 2.87. The fourth-order valence-electron chi connectivity index (χ4n) is 4.62. The Morgan fingerprint density at radius 1 is 0.771 bits per heavy atom. The second kappa shape index (κ2) is 6.54. The summed E-state index contributed by atoms with van der Waals surface area (Å²) in [7, 11) is 0. The third-order valence-electron chi connectivity index (χ3n) is 6.16. The van der Waals surface area contributed by atoms with Gasteiger partial charge in [-0.15, -0.1) is 0 Å². The summed E-state index contributed by atoms with van der Waals surface area (Å²) < 4.78 is 16.6. The van der Waals surface area contributed by atoms with Crippen LogP contribution in [-0.2, 0) is 15.1 Å². The van der Waals surface area contributed by atoms with E-state index in [9.17, 15) is 34.8 Å². The van der Waals surface area contributed by atoms with Crippen molar-refractivity contribution in [3.8, 4) is 23.0 Å². The third-order valence-corrected chi connectivity index (χ3v) is 6.16. The van der Waals surface area contributed by atoms with E-state index in [1.165, 1.54) is 30.4 Å². The molecule has 1 aliphatic carbocycles. The Morgan fingerprint density at radius 3 is 2.11 bits per heavy atom. The Bertz CT molecular complexity index is 1840. The van der Waals surface area contributed by atoms with Gasteiger partial charge in [-0.3, -0.25) is 4.79 Å². The van der Waals surface area contributed by atoms with Crippen molar-refractivity contribution in [1.82, 2.24) is 0 Å². The molecule has 4 aromatic rings. The molecule has 3 heterocycles. The second-order valence-corrected chi connectivity index (χ2v) is 8.31. The van der Waals surface area contributed by atoms with Crippen LogP contribution in [0, 0.1) is 0 Å². The Balaban J connectivity index is 1.65. The van der Waals surface area contributed by atoms with E-state index in [1.54, 1.807) is 6.92 Å². The molecule has 1 aliphatic heterocycles. The van der Waals surface area contributed by atoms with Gasteiger partial charge in [0.05, 0.1) is 11.1 Å². The van der Waals surface area contributed by atoms with Gasteiger partial charge in [0.25, 0.3) is 0 Å². The highest BCUT2D eigenvalue weighted by atomic mass is 16.5. The molecule has 10 nitrogen and oxygen atoms in total. The van der Waals surface area contributed by atoms with E-state index in [2.05, 4.69) is 0 Å². The van der Waals surface area contributed by atoms with Gasteiger partial charge in [-0.2, -0.15) is 0 Å². The first-order valence-corrected chi connectivity index (χ1v) is 10.3. The molecule has 174 valence electrons. The summed E-state index contributed by atoms with van der Waals surface area (Å²) in [5, 5.41) is 39.5. The lowest BCUT2D eigenvalue weighted by Crippen LogP contribution is -2.29. The molecule has 0 radical (unpaired) electrons. The summed E-state index contributed by atoms with van der Waals surface area (Å²) in [6, 6.07) is 5.70. The first-order chi connectivity index (χ1) is 16.6.